The first-order valence-corrected chi connectivity index (χ1v) is 13.0. The topological polar surface area (TPSA) is 74.5 Å². The van der Waals surface area contributed by atoms with Crippen LogP contribution in [0.4, 0.5) is 10.8 Å². The zero-order chi connectivity index (χ0) is 24.4. The molecule has 6 nitrogen and oxygen atoms in total. The highest BCUT2D eigenvalue weighted by Crippen LogP contribution is 2.43. The smallest absolute Gasteiger partial charge is 0.255 e. The van der Waals surface area contributed by atoms with E-state index in [1.54, 1.807) is 6.20 Å². The van der Waals surface area contributed by atoms with Gasteiger partial charge >= 0.3 is 0 Å². The number of piperazine rings is 1. The fourth-order valence-electron chi connectivity index (χ4n) is 4.53. The molecular weight excluding hydrogens is 454 g/mol. The number of benzene rings is 2. The average molecular weight is 486 g/mol. The molecule has 3 aromatic rings. The van der Waals surface area contributed by atoms with E-state index in [0.29, 0.717) is 16.6 Å². The highest BCUT2D eigenvalue weighted by molar-refractivity contribution is 7.15. The first-order chi connectivity index (χ1) is 17.0. The molecule has 3 N–H and O–H groups in total. The summed E-state index contributed by atoms with van der Waals surface area (Å²) in [7, 11) is 2.19. The van der Waals surface area contributed by atoms with E-state index in [2.05, 4.69) is 51.1 Å². The third kappa shape index (κ3) is 5.73. The second-order valence-corrected chi connectivity index (χ2v) is 10.6. The van der Waals surface area contributed by atoms with Crippen molar-refractivity contribution in [2.24, 2.45) is 0 Å². The first-order valence-electron chi connectivity index (χ1n) is 12.1. The molecule has 1 aliphatic carbocycles. The maximum Gasteiger partial charge on any atom is 0.255 e. The lowest BCUT2D eigenvalue weighted by atomic mass is 10.00. The molecule has 35 heavy (non-hydrogen) atoms. The van der Waals surface area contributed by atoms with Crippen LogP contribution < -0.4 is 11.1 Å². The number of hydrogen-bond donors (Lipinski definition) is 2. The van der Waals surface area contributed by atoms with Crippen molar-refractivity contribution in [3.8, 4) is 11.8 Å². The SMILES string of the molecule is Cc1c(C#Cc2cnc(N)s2)cccc1C(=O)Nc1ccc(CN2CCN(C)CC2)c(C2CC2)c1. The molecule has 0 unspecified atom stereocenters. The van der Waals surface area contributed by atoms with Crippen LogP contribution in [0, 0.1) is 18.8 Å². The summed E-state index contributed by atoms with van der Waals surface area (Å²) in [4.78, 5) is 23.0. The Kier molecular flexibility index (Phi) is 6.87. The lowest BCUT2D eigenvalue weighted by Crippen LogP contribution is -2.44. The summed E-state index contributed by atoms with van der Waals surface area (Å²) in [5.41, 5.74) is 11.7. The molecule has 1 saturated heterocycles. The summed E-state index contributed by atoms with van der Waals surface area (Å²) in [6.45, 7) is 7.37. The second-order valence-electron chi connectivity index (χ2n) is 9.51. The van der Waals surface area contributed by atoms with Gasteiger partial charge in [-0.3, -0.25) is 9.69 Å². The lowest BCUT2D eigenvalue weighted by Gasteiger charge is -2.32. The van der Waals surface area contributed by atoms with Gasteiger partial charge in [0.15, 0.2) is 5.13 Å². The molecule has 180 valence electrons. The molecule has 2 aliphatic rings. The van der Waals surface area contributed by atoms with Crippen LogP contribution in [-0.2, 0) is 6.54 Å². The Hall–Kier alpha value is -3.18. The van der Waals surface area contributed by atoms with Crippen LogP contribution in [0.15, 0.2) is 42.6 Å². The summed E-state index contributed by atoms with van der Waals surface area (Å²) in [6.07, 6.45) is 4.14. The van der Waals surface area contributed by atoms with Crippen molar-refractivity contribution in [3.63, 3.8) is 0 Å². The van der Waals surface area contributed by atoms with E-state index in [1.807, 2.05) is 31.2 Å². The maximum absolute atomic E-state index is 13.2. The molecule has 1 aliphatic heterocycles. The largest absolute Gasteiger partial charge is 0.375 e. The summed E-state index contributed by atoms with van der Waals surface area (Å²) >= 11 is 1.35. The van der Waals surface area contributed by atoms with Gasteiger partial charge in [-0.15, -0.1) is 0 Å². The molecule has 0 radical (unpaired) electrons. The molecule has 1 saturated carbocycles. The molecule has 0 atom stereocenters. The number of thiazole rings is 1. The Morgan fingerprint density at radius 3 is 2.69 bits per heavy atom. The number of carbonyl (C=O) groups excluding carboxylic acids is 1. The number of nitrogens with one attached hydrogen (secondary N) is 1. The number of nitrogens with zero attached hydrogens (tertiary/aromatic N) is 3. The van der Waals surface area contributed by atoms with Crippen LogP contribution >= 0.6 is 11.3 Å². The van der Waals surface area contributed by atoms with Crippen molar-refractivity contribution < 1.29 is 4.79 Å². The van der Waals surface area contributed by atoms with Gasteiger partial charge in [-0.25, -0.2) is 4.98 Å². The standard InChI is InChI=1S/C28H31N5OS/c1-19-20(9-11-24-17-30-28(29)35-24)4-3-5-25(19)27(34)31-23-10-8-22(26(16-23)21-6-7-21)18-33-14-12-32(2)13-15-33/h3-5,8,10,16-17,21H,6-7,12-15,18H2,1-2H3,(H2,29,30)(H,31,34). The van der Waals surface area contributed by atoms with E-state index in [0.717, 1.165) is 54.4 Å². The number of rotatable bonds is 5. The Balaban J connectivity index is 1.32. The molecule has 5 rings (SSSR count). The molecular formula is C28H31N5OS. The minimum absolute atomic E-state index is 0.109. The van der Waals surface area contributed by atoms with Crippen molar-refractivity contribution in [2.75, 3.05) is 44.3 Å². The minimum atomic E-state index is -0.109. The molecule has 2 fully saturated rings. The molecule has 0 bridgehead atoms. The summed E-state index contributed by atoms with van der Waals surface area (Å²) < 4.78 is 0. The first kappa shape index (κ1) is 23.6. The van der Waals surface area contributed by atoms with Gasteiger partial charge in [0.1, 0.15) is 0 Å². The van der Waals surface area contributed by atoms with Gasteiger partial charge in [0, 0.05) is 49.5 Å². The van der Waals surface area contributed by atoms with Gasteiger partial charge in [-0.1, -0.05) is 29.4 Å². The number of anilines is 2. The van der Waals surface area contributed by atoms with Crippen LogP contribution in [0.1, 0.15) is 56.2 Å². The van der Waals surface area contributed by atoms with Crippen molar-refractivity contribution in [1.29, 1.82) is 0 Å². The van der Waals surface area contributed by atoms with Gasteiger partial charge in [0.05, 0.1) is 11.1 Å². The Morgan fingerprint density at radius 1 is 1.17 bits per heavy atom. The Morgan fingerprint density at radius 2 is 1.97 bits per heavy atom. The minimum Gasteiger partial charge on any atom is -0.375 e. The normalized spacial score (nSPS) is 16.5. The number of likely N-dealkylation sites (N-methyl/N-ethyl adjacent to an activating group) is 1. The van der Waals surface area contributed by atoms with E-state index >= 15 is 0 Å². The number of carbonyl (C=O) groups is 1. The molecule has 2 heterocycles. The molecule has 0 spiro atoms. The van der Waals surface area contributed by atoms with Gasteiger partial charge < -0.3 is 16.0 Å². The number of hydrogen-bond acceptors (Lipinski definition) is 6. The fourth-order valence-corrected chi connectivity index (χ4v) is 5.07. The Labute approximate surface area is 211 Å². The average Bonchev–Trinajstić information content (AvgIpc) is 3.61. The second kappa shape index (κ2) is 10.2. The maximum atomic E-state index is 13.2. The van der Waals surface area contributed by atoms with Crippen LogP contribution in [0.5, 0.6) is 0 Å². The number of nitrogens with two attached hydrogens (primary N) is 1. The molecule has 1 aromatic heterocycles. The predicted molar refractivity (Wildman–Crippen MR) is 143 cm³/mol. The number of nitrogen functional groups attached to an aromatic ring is 1. The Bertz CT molecular complexity index is 1290. The van der Waals surface area contributed by atoms with Gasteiger partial charge in [0.2, 0.25) is 0 Å². The van der Waals surface area contributed by atoms with Crippen molar-refractivity contribution in [1.82, 2.24) is 14.8 Å². The van der Waals surface area contributed by atoms with E-state index in [1.165, 1.54) is 35.3 Å². The lowest BCUT2D eigenvalue weighted by molar-refractivity contribution is 0.102. The predicted octanol–water partition coefficient (Wildman–Crippen LogP) is 4.31. The summed E-state index contributed by atoms with van der Waals surface area (Å²) in [5, 5.41) is 3.63. The highest BCUT2D eigenvalue weighted by atomic mass is 32.1. The zero-order valence-electron chi connectivity index (χ0n) is 20.3. The number of amides is 1. The van der Waals surface area contributed by atoms with Crippen molar-refractivity contribution >= 4 is 28.1 Å². The van der Waals surface area contributed by atoms with Gasteiger partial charge in [0.25, 0.3) is 5.91 Å². The third-order valence-corrected chi connectivity index (χ3v) is 7.58. The van der Waals surface area contributed by atoms with E-state index in [-0.39, 0.29) is 5.91 Å². The summed E-state index contributed by atoms with van der Waals surface area (Å²) in [5.74, 6) is 6.77. The summed E-state index contributed by atoms with van der Waals surface area (Å²) in [6, 6.07) is 12.1. The number of aromatic nitrogens is 1. The highest BCUT2D eigenvalue weighted by Gasteiger charge is 2.27. The van der Waals surface area contributed by atoms with E-state index < -0.39 is 0 Å². The van der Waals surface area contributed by atoms with E-state index in [9.17, 15) is 4.79 Å². The molecule has 1 amide bonds. The van der Waals surface area contributed by atoms with Gasteiger partial charge in [-0.05, 0) is 79.6 Å². The third-order valence-electron chi connectivity index (χ3n) is 6.83. The monoisotopic (exact) mass is 485 g/mol. The van der Waals surface area contributed by atoms with Gasteiger partial charge in [-0.2, -0.15) is 0 Å². The zero-order valence-corrected chi connectivity index (χ0v) is 21.1. The van der Waals surface area contributed by atoms with E-state index in [4.69, 9.17) is 5.73 Å². The van der Waals surface area contributed by atoms with Crippen molar-refractivity contribution in [2.45, 2.75) is 32.2 Å². The van der Waals surface area contributed by atoms with Crippen LogP contribution in [0.25, 0.3) is 0 Å². The fraction of sp³-hybridized carbons (Fsp3) is 0.357. The van der Waals surface area contributed by atoms with Crippen LogP contribution in [-0.4, -0.2) is 53.9 Å². The van der Waals surface area contributed by atoms with Crippen molar-refractivity contribution in [3.05, 3.63) is 75.3 Å². The van der Waals surface area contributed by atoms with Crippen LogP contribution in [0.3, 0.4) is 0 Å². The quantitative estimate of drug-likeness (QED) is 0.527. The van der Waals surface area contributed by atoms with Crippen LogP contribution in [0.2, 0.25) is 0 Å². The molecule has 2 aromatic carbocycles. The molecule has 7 heteroatoms.